The molecule has 1 aliphatic rings. The maximum atomic E-state index is 8.47. The second kappa shape index (κ2) is 5.52. The third-order valence-corrected chi connectivity index (χ3v) is 1.74. The van der Waals surface area contributed by atoms with Gasteiger partial charge in [0.2, 0.25) is 0 Å². The Hall–Kier alpha value is -0.120. The molecule has 3 heteroatoms. The average molecular weight is 160 g/mol. The van der Waals surface area contributed by atoms with E-state index in [9.17, 15) is 0 Å². The Kier molecular flexibility index (Phi) is 4.50. The summed E-state index contributed by atoms with van der Waals surface area (Å²) in [5.74, 6) is 0. The Morgan fingerprint density at radius 2 is 2.36 bits per heavy atom. The molecule has 3 nitrogen and oxygen atoms in total. The summed E-state index contributed by atoms with van der Waals surface area (Å²) in [6.07, 6.45) is 4.06. The highest BCUT2D eigenvalue weighted by Crippen LogP contribution is 2.13. The van der Waals surface area contributed by atoms with E-state index in [-0.39, 0.29) is 12.9 Å². The summed E-state index contributed by atoms with van der Waals surface area (Å²) < 4.78 is 10.7. The fourth-order valence-electron chi connectivity index (χ4n) is 1.12. The predicted octanol–water partition coefficient (Wildman–Crippen LogP) is 0.912. The van der Waals surface area contributed by atoms with Gasteiger partial charge in [0.05, 0.1) is 6.61 Å². The molecule has 1 fully saturated rings. The zero-order valence-electron chi connectivity index (χ0n) is 6.79. The van der Waals surface area contributed by atoms with Crippen molar-refractivity contribution in [3.63, 3.8) is 0 Å². The van der Waals surface area contributed by atoms with E-state index in [2.05, 4.69) is 0 Å². The molecule has 0 aromatic rings. The van der Waals surface area contributed by atoms with E-state index in [1.54, 1.807) is 0 Å². The van der Waals surface area contributed by atoms with Crippen molar-refractivity contribution in [2.24, 2.45) is 0 Å². The molecule has 66 valence electrons. The molecule has 1 heterocycles. The van der Waals surface area contributed by atoms with Crippen LogP contribution in [0.15, 0.2) is 0 Å². The molecule has 0 bridgehead atoms. The largest absolute Gasteiger partial charge is 0.396 e. The number of ether oxygens (including phenoxy) is 2. The fourth-order valence-corrected chi connectivity index (χ4v) is 1.12. The van der Waals surface area contributed by atoms with Crippen LogP contribution in [0.4, 0.5) is 0 Å². The van der Waals surface area contributed by atoms with E-state index >= 15 is 0 Å². The van der Waals surface area contributed by atoms with Crippen LogP contribution in [0.25, 0.3) is 0 Å². The van der Waals surface area contributed by atoms with Gasteiger partial charge in [-0.15, -0.1) is 0 Å². The van der Waals surface area contributed by atoms with Crippen LogP contribution in [0.1, 0.15) is 25.7 Å². The SMILES string of the molecule is OCCCO[C@@H]1CCCCO1. The molecule has 0 aromatic heterocycles. The summed E-state index contributed by atoms with van der Waals surface area (Å²) in [6.45, 7) is 1.64. The monoisotopic (exact) mass is 160 g/mol. The van der Waals surface area contributed by atoms with E-state index in [0.717, 1.165) is 19.4 Å². The Morgan fingerprint density at radius 3 is 3.00 bits per heavy atom. The number of hydrogen-bond donors (Lipinski definition) is 1. The average Bonchev–Trinajstić information content (AvgIpc) is 2.07. The van der Waals surface area contributed by atoms with Gasteiger partial charge >= 0.3 is 0 Å². The van der Waals surface area contributed by atoms with Gasteiger partial charge in [-0.2, -0.15) is 0 Å². The van der Waals surface area contributed by atoms with Gasteiger partial charge in [0, 0.05) is 13.2 Å². The molecule has 0 amide bonds. The molecule has 1 atom stereocenters. The molecule has 0 aromatic carbocycles. The third kappa shape index (κ3) is 3.70. The molecule has 1 aliphatic heterocycles. The standard InChI is InChI=1S/C8H16O3/c9-5-3-7-11-8-4-1-2-6-10-8/h8-9H,1-7H2/t8-/m1/s1. The molecule has 11 heavy (non-hydrogen) atoms. The van der Waals surface area contributed by atoms with Crippen molar-refractivity contribution in [3.05, 3.63) is 0 Å². The molecule has 0 spiro atoms. The molecular weight excluding hydrogens is 144 g/mol. The summed E-state index contributed by atoms with van der Waals surface area (Å²) >= 11 is 0. The minimum Gasteiger partial charge on any atom is -0.396 e. The quantitative estimate of drug-likeness (QED) is 0.621. The Bertz CT molecular complexity index is 89.3. The van der Waals surface area contributed by atoms with Crippen molar-refractivity contribution >= 4 is 0 Å². The maximum absolute atomic E-state index is 8.47. The summed E-state index contributed by atoms with van der Waals surface area (Å²) in [5, 5.41) is 8.47. The van der Waals surface area contributed by atoms with Crippen molar-refractivity contribution in [2.75, 3.05) is 19.8 Å². The number of aliphatic hydroxyl groups excluding tert-OH is 1. The first-order valence-corrected chi connectivity index (χ1v) is 4.27. The first-order valence-electron chi connectivity index (χ1n) is 4.27. The predicted molar refractivity (Wildman–Crippen MR) is 41.2 cm³/mol. The van der Waals surface area contributed by atoms with Crippen LogP contribution in [0.3, 0.4) is 0 Å². The number of hydrogen-bond acceptors (Lipinski definition) is 3. The van der Waals surface area contributed by atoms with Gasteiger partial charge in [-0.05, 0) is 25.7 Å². The van der Waals surface area contributed by atoms with Gasteiger partial charge in [-0.25, -0.2) is 0 Å². The van der Waals surface area contributed by atoms with Crippen molar-refractivity contribution in [2.45, 2.75) is 32.0 Å². The fraction of sp³-hybridized carbons (Fsp3) is 1.00. The van der Waals surface area contributed by atoms with Crippen LogP contribution in [0, 0.1) is 0 Å². The minimum atomic E-state index is -0.00435. The summed E-state index contributed by atoms with van der Waals surface area (Å²) in [5.41, 5.74) is 0. The van der Waals surface area contributed by atoms with Gasteiger partial charge in [-0.1, -0.05) is 0 Å². The Morgan fingerprint density at radius 1 is 1.45 bits per heavy atom. The lowest BCUT2D eigenvalue weighted by Gasteiger charge is -2.22. The zero-order valence-corrected chi connectivity index (χ0v) is 6.79. The second-order valence-corrected chi connectivity index (χ2v) is 2.74. The van der Waals surface area contributed by atoms with Crippen LogP contribution in [-0.4, -0.2) is 31.2 Å². The van der Waals surface area contributed by atoms with Crippen molar-refractivity contribution in [3.8, 4) is 0 Å². The molecule has 1 rings (SSSR count). The van der Waals surface area contributed by atoms with Crippen LogP contribution in [-0.2, 0) is 9.47 Å². The van der Waals surface area contributed by atoms with Gasteiger partial charge in [0.15, 0.2) is 6.29 Å². The van der Waals surface area contributed by atoms with Crippen LogP contribution in [0.5, 0.6) is 0 Å². The van der Waals surface area contributed by atoms with Gasteiger partial charge < -0.3 is 14.6 Å². The van der Waals surface area contributed by atoms with E-state index in [4.69, 9.17) is 14.6 Å². The lowest BCUT2D eigenvalue weighted by atomic mass is 10.2. The summed E-state index contributed by atoms with van der Waals surface area (Å²) in [7, 11) is 0. The molecule has 0 radical (unpaired) electrons. The first-order chi connectivity index (χ1) is 5.43. The number of aliphatic hydroxyl groups is 1. The van der Waals surface area contributed by atoms with E-state index in [1.165, 1.54) is 6.42 Å². The van der Waals surface area contributed by atoms with E-state index in [0.29, 0.717) is 13.0 Å². The van der Waals surface area contributed by atoms with E-state index < -0.39 is 0 Å². The molecule has 1 saturated heterocycles. The normalized spacial score (nSPS) is 25.4. The van der Waals surface area contributed by atoms with E-state index in [1.807, 2.05) is 0 Å². The lowest BCUT2D eigenvalue weighted by Crippen LogP contribution is -2.22. The Labute approximate surface area is 67.3 Å². The van der Waals surface area contributed by atoms with Crippen molar-refractivity contribution < 1.29 is 14.6 Å². The highest BCUT2D eigenvalue weighted by molar-refractivity contribution is 4.53. The minimum absolute atomic E-state index is 0.00435. The molecule has 1 N–H and O–H groups in total. The lowest BCUT2D eigenvalue weighted by molar-refractivity contribution is -0.163. The highest BCUT2D eigenvalue weighted by atomic mass is 16.7. The van der Waals surface area contributed by atoms with Crippen LogP contribution < -0.4 is 0 Å². The maximum Gasteiger partial charge on any atom is 0.157 e. The van der Waals surface area contributed by atoms with Crippen molar-refractivity contribution in [1.82, 2.24) is 0 Å². The molecule has 0 saturated carbocycles. The second-order valence-electron chi connectivity index (χ2n) is 2.74. The van der Waals surface area contributed by atoms with Crippen LogP contribution in [0.2, 0.25) is 0 Å². The van der Waals surface area contributed by atoms with Gasteiger partial charge in [0.1, 0.15) is 0 Å². The molecular formula is C8H16O3. The summed E-state index contributed by atoms with van der Waals surface area (Å²) in [6, 6.07) is 0. The summed E-state index contributed by atoms with van der Waals surface area (Å²) in [4.78, 5) is 0. The Balaban J connectivity index is 1.96. The smallest absolute Gasteiger partial charge is 0.157 e. The van der Waals surface area contributed by atoms with Crippen molar-refractivity contribution in [1.29, 1.82) is 0 Å². The third-order valence-electron chi connectivity index (χ3n) is 1.74. The topological polar surface area (TPSA) is 38.7 Å². The number of rotatable bonds is 4. The first kappa shape index (κ1) is 8.97. The highest BCUT2D eigenvalue weighted by Gasteiger charge is 2.12. The molecule has 0 unspecified atom stereocenters. The zero-order chi connectivity index (χ0) is 7.94. The molecule has 0 aliphatic carbocycles. The van der Waals surface area contributed by atoms with Crippen LogP contribution >= 0.6 is 0 Å². The van der Waals surface area contributed by atoms with Gasteiger partial charge in [-0.3, -0.25) is 0 Å². The van der Waals surface area contributed by atoms with Gasteiger partial charge in [0.25, 0.3) is 0 Å².